The van der Waals surface area contributed by atoms with E-state index in [1.807, 2.05) is 147 Å². The number of aryl methyl sites for hydroxylation is 1. The molecule has 0 radical (unpaired) electrons. The molecule has 76 heavy (non-hydrogen) atoms. The SMILES string of the molecule is [2H]c1c([2H])c(C(C([2H])([2H])[2H])(C([2H])([2H])[2H])C([2H])([2H])[2H])c([2H])c([2H])c1-c1ccnc(-c2[c-]c(-c3cccc4c3nc(-c3cc(C(C)(C)C)cc(C(C)(C)C)c3O)n4-c3cc(C([2H])([2H])[2H])c(-c4ccccc4)cc3-c3ccc(C(C)(C)C)cc3)cc(-c3ccccc3)c2)c1.[Pt]. The maximum absolute atomic E-state index is 12.9. The van der Waals surface area contributed by atoms with Gasteiger partial charge in [0, 0.05) is 60.5 Å². The number of fused-ring (bicyclic) bond motifs is 1. The Kier molecular flexibility index (Phi) is 9.89. The van der Waals surface area contributed by atoms with Crippen LogP contribution >= 0.6 is 0 Å². The minimum absolute atomic E-state index is 0. The maximum atomic E-state index is 12.9. The molecule has 0 saturated heterocycles. The first-order chi connectivity index (χ1) is 42.2. The van der Waals surface area contributed by atoms with Crippen LogP contribution in [0.4, 0.5) is 0 Å². The van der Waals surface area contributed by atoms with E-state index in [0.717, 1.165) is 22.3 Å². The zero-order chi connectivity index (χ0) is 66.7. The van der Waals surface area contributed by atoms with Gasteiger partial charge in [0.25, 0.3) is 0 Å². The number of benzene rings is 8. The first kappa shape index (κ1) is 36.8. The van der Waals surface area contributed by atoms with E-state index in [1.54, 1.807) is 6.07 Å². The second-order valence-electron chi connectivity index (χ2n) is 22.5. The molecule has 0 aliphatic heterocycles. The fraction of sp³-hybridized carbons (Fsp3) is 0.239. The third kappa shape index (κ3) is 10.7. The molecule has 10 rings (SSSR count). The minimum Gasteiger partial charge on any atom is -0.507 e. The molecule has 5 heteroatoms. The smallest absolute Gasteiger partial charge is 0.148 e. The number of pyridine rings is 1. The molecule has 0 fully saturated rings. The van der Waals surface area contributed by atoms with Crippen molar-refractivity contribution in [1.82, 2.24) is 14.5 Å². The Labute approximate surface area is 488 Å². The van der Waals surface area contributed by atoms with Crippen LogP contribution in [0.1, 0.15) is 133 Å². The van der Waals surface area contributed by atoms with Gasteiger partial charge in [-0.3, -0.25) is 9.55 Å². The molecule has 0 aliphatic carbocycles. The second kappa shape index (κ2) is 20.4. The second-order valence-corrected chi connectivity index (χ2v) is 22.5. The molecule has 2 aromatic heterocycles. The van der Waals surface area contributed by atoms with Gasteiger partial charge >= 0.3 is 0 Å². The summed E-state index contributed by atoms with van der Waals surface area (Å²) in [7, 11) is 0. The van der Waals surface area contributed by atoms with Crippen molar-refractivity contribution in [2.45, 2.75) is 111 Å². The monoisotopic (exact) mass is 1190 g/mol. The number of para-hydroxylation sites is 1. The summed E-state index contributed by atoms with van der Waals surface area (Å²) in [6.45, 7) is 4.64. The largest absolute Gasteiger partial charge is 0.507 e. The molecule has 0 bridgehead atoms. The van der Waals surface area contributed by atoms with Crippen molar-refractivity contribution in [3.8, 4) is 89.7 Å². The van der Waals surface area contributed by atoms with Crippen molar-refractivity contribution in [3.63, 3.8) is 0 Å². The van der Waals surface area contributed by atoms with Gasteiger partial charge in [0.15, 0.2) is 0 Å². The summed E-state index contributed by atoms with van der Waals surface area (Å²) in [5, 5.41) is 12.9. The summed E-state index contributed by atoms with van der Waals surface area (Å²) in [6.07, 6.45) is 1.38. The van der Waals surface area contributed by atoms with Crippen molar-refractivity contribution in [2.24, 2.45) is 0 Å². The Bertz CT molecular complexity index is 4390. The van der Waals surface area contributed by atoms with Crippen LogP contribution in [-0.2, 0) is 42.7 Å². The van der Waals surface area contributed by atoms with Gasteiger partial charge in [-0.25, -0.2) is 4.98 Å². The number of aromatic nitrogens is 3. The van der Waals surface area contributed by atoms with Crippen molar-refractivity contribution in [3.05, 3.63) is 216 Å². The van der Waals surface area contributed by atoms with Gasteiger partial charge in [0.05, 0.1) is 27.8 Å². The van der Waals surface area contributed by atoms with E-state index in [2.05, 4.69) is 59.7 Å². The predicted octanol–water partition coefficient (Wildman–Crippen LogP) is 19.1. The Morgan fingerprint density at radius 3 is 1.78 bits per heavy atom. The Morgan fingerprint density at radius 1 is 0.500 bits per heavy atom. The van der Waals surface area contributed by atoms with E-state index < -0.39 is 73.4 Å². The van der Waals surface area contributed by atoms with Crippen LogP contribution < -0.4 is 0 Å². The molecular formula is C71H70N3OPt-. The first-order valence-corrected chi connectivity index (χ1v) is 25.1. The standard InChI is InChI=1S/C71H70N3O.Pt/c1-45-37-64(59(44-58(45)48-23-18-15-19-24-48)49-29-33-55(34-30-49)69(5,6)7)74-63-26-20-25-57(65(63)73-67(74)60-42-56(70(8,9)10)43-61(66(60)75)71(11,12)13)52-38-51(46-21-16-14-17-22-46)39-53(40-52)62-41-50(35-36-72-62)47-27-31-54(32-28-47)68(2,3)4;/h14-39,41-44,75H,1-13H3;/q-1;/i1D3,2D3,3D3,4D3,27D,28D,31D,32D;. The van der Waals surface area contributed by atoms with Crippen molar-refractivity contribution >= 4 is 11.0 Å². The number of aromatic hydroxyl groups is 1. The molecule has 0 amide bonds. The molecule has 10 aromatic rings. The van der Waals surface area contributed by atoms with Gasteiger partial charge < -0.3 is 5.11 Å². The number of phenols is 1. The molecule has 2 heterocycles. The Morgan fingerprint density at radius 2 is 1.14 bits per heavy atom. The minimum atomic E-state index is -3.85. The van der Waals surface area contributed by atoms with Gasteiger partial charge in [0.2, 0.25) is 0 Å². The molecule has 0 saturated carbocycles. The summed E-state index contributed by atoms with van der Waals surface area (Å²) in [6, 6.07) is 46.8. The van der Waals surface area contributed by atoms with Crippen LogP contribution in [-0.4, -0.2) is 19.6 Å². The third-order valence-electron chi connectivity index (χ3n) is 13.8. The zero-order valence-corrected chi connectivity index (χ0v) is 46.4. The van der Waals surface area contributed by atoms with E-state index >= 15 is 0 Å². The van der Waals surface area contributed by atoms with Gasteiger partial charge in [-0.2, -0.15) is 0 Å². The molecule has 8 aromatic carbocycles. The maximum Gasteiger partial charge on any atom is 0.148 e. The number of rotatable bonds is 8. The Balaban J connectivity index is 0.00001000. The first-order valence-electron chi connectivity index (χ1n) is 33.1. The van der Waals surface area contributed by atoms with Crippen LogP contribution in [0, 0.1) is 12.9 Å². The average molecular weight is 1190 g/mol. The molecule has 1 N–H and O–H groups in total. The fourth-order valence-corrected chi connectivity index (χ4v) is 9.59. The van der Waals surface area contributed by atoms with Gasteiger partial charge in [-0.1, -0.05) is 233 Å². The zero-order valence-electron chi connectivity index (χ0n) is 60.1. The van der Waals surface area contributed by atoms with E-state index in [-0.39, 0.29) is 54.6 Å². The average Bonchev–Trinajstić information content (AvgIpc) is 0.777. The number of nitrogens with zero attached hydrogens (tertiary/aromatic N) is 3. The number of hydrogen-bond donors (Lipinski definition) is 1. The third-order valence-corrected chi connectivity index (χ3v) is 13.8. The predicted molar refractivity (Wildman–Crippen MR) is 317 cm³/mol. The van der Waals surface area contributed by atoms with Crippen LogP contribution in [0.5, 0.6) is 5.75 Å². The van der Waals surface area contributed by atoms with Crippen molar-refractivity contribution in [2.75, 3.05) is 0 Å². The van der Waals surface area contributed by atoms with Gasteiger partial charge in [-0.15, -0.1) is 23.8 Å². The molecule has 0 spiro atoms. The summed E-state index contributed by atoms with van der Waals surface area (Å²) in [5.74, 6) is 0.321. The van der Waals surface area contributed by atoms with Gasteiger partial charge in [-0.05, 0) is 114 Å². The Hall–Kier alpha value is -7.13. The van der Waals surface area contributed by atoms with E-state index in [1.165, 1.54) is 18.3 Å². The number of hydrogen-bond acceptors (Lipinski definition) is 3. The molecule has 386 valence electrons. The molecule has 0 atom stereocenters. The normalized spacial score (nSPS) is 16.0. The quantitative estimate of drug-likeness (QED) is 0.154. The van der Waals surface area contributed by atoms with Crippen molar-refractivity contribution < 1.29 is 48.1 Å². The van der Waals surface area contributed by atoms with Crippen LogP contribution in [0.15, 0.2) is 182 Å². The molecule has 0 aliphatic rings. The summed E-state index contributed by atoms with van der Waals surface area (Å²) in [4.78, 5) is 10.3. The van der Waals surface area contributed by atoms with E-state index in [4.69, 9.17) is 29.2 Å². The van der Waals surface area contributed by atoms with Crippen LogP contribution in [0.2, 0.25) is 0 Å². The van der Waals surface area contributed by atoms with E-state index in [0.29, 0.717) is 72.6 Å². The molecular weight excluding hydrogens is 1110 g/mol. The topological polar surface area (TPSA) is 50.9 Å². The van der Waals surface area contributed by atoms with Crippen LogP contribution in [0.3, 0.4) is 0 Å². The molecule has 4 nitrogen and oxygen atoms in total. The van der Waals surface area contributed by atoms with Gasteiger partial charge in [0.1, 0.15) is 11.6 Å². The van der Waals surface area contributed by atoms with Crippen LogP contribution in [0.25, 0.3) is 95.0 Å². The van der Waals surface area contributed by atoms with E-state index in [9.17, 15) is 7.85 Å². The number of imidazole rings is 1. The number of phenolic OH excluding ortho intramolecular Hbond substituents is 1. The summed E-state index contributed by atoms with van der Waals surface area (Å²) >= 11 is 0. The summed E-state index contributed by atoms with van der Waals surface area (Å²) in [5.41, 5.74) is 4.03. The fourth-order valence-electron chi connectivity index (χ4n) is 9.59. The molecule has 0 unspecified atom stereocenters. The summed E-state index contributed by atoms with van der Waals surface area (Å²) < 4.78 is 141. The van der Waals surface area contributed by atoms with Crippen molar-refractivity contribution in [1.29, 1.82) is 0 Å².